The smallest absolute Gasteiger partial charge is 0.312 e. The van der Waals surface area contributed by atoms with Crippen molar-refractivity contribution < 1.29 is 28.6 Å². The number of methoxy groups -OCH3 is 1. The van der Waals surface area contributed by atoms with Gasteiger partial charge < -0.3 is 24.0 Å². The van der Waals surface area contributed by atoms with Gasteiger partial charge in [-0.15, -0.1) is 0 Å². The summed E-state index contributed by atoms with van der Waals surface area (Å²) in [7, 11) is 1.54. The monoisotopic (exact) mass is 390 g/mol. The van der Waals surface area contributed by atoms with Gasteiger partial charge in [-0.05, 0) is 31.5 Å². The first-order valence-electron chi connectivity index (χ1n) is 9.42. The summed E-state index contributed by atoms with van der Waals surface area (Å²) in [6.07, 6.45) is -0.836. The minimum absolute atomic E-state index is 0.0500. The molecule has 1 aromatic rings. The van der Waals surface area contributed by atoms with Crippen LogP contribution >= 0.6 is 0 Å². The first-order valence-corrected chi connectivity index (χ1v) is 9.42. The van der Waals surface area contributed by atoms with Crippen molar-refractivity contribution in [3.05, 3.63) is 23.8 Å². The summed E-state index contributed by atoms with van der Waals surface area (Å²) in [6, 6.07) is 5.55. The van der Waals surface area contributed by atoms with E-state index in [1.54, 1.807) is 29.9 Å². The maximum Gasteiger partial charge on any atom is 0.312 e. The molecule has 2 aliphatic heterocycles. The van der Waals surface area contributed by atoms with E-state index >= 15 is 0 Å². The number of benzene rings is 1. The highest BCUT2D eigenvalue weighted by atomic mass is 16.5. The van der Waals surface area contributed by atoms with Gasteiger partial charge in [-0.3, -0.25) is 14.4 Å². The molecule has 28 heavy (non-hydrogen) atoms. The molecule has 2 aliphatic rings. The predicted molar refractivity (Wildman–Crippen MR) is 101 cm³/mol. The van der Waals surface area contributed by atoms with Gasteiger partial charge in [0.2, 0.25) is 5.91 Å². The fourth-order valence-electron chi connectivity index (χ4n) is 3.47. The molecule has 152 valence electrons. The van der Waals surface area contributed by atoms with Crippen molar-refractivity contribution in [2.75, 3.05) is 44.9 Å². The number of esters is 1. The van der Waals surface area contributed by atoms with E-state index in [1.807, 2.05) is 19.1 Å². The van der Waals surface area contributed by atoms with Crippen molar-refractivity contribution >= 4 is 23.5 Å². The van der Waals surface area contributed by atoms with E-state index in [1.165, 1.54) is 0 Å². The van der Waals surface area contributed by atoms with Crippen molar-refractivity contribution in [1.29, 1.82) is 0 Å². The SMILES string of the molecule is COc1ccc(C)cc1N1C[C@H](C(=O)O[C@@H](C)C(=O)N2CCOCC2)CC1=O. The summed E-state index contributed by atoms with van der Waals surface area (Å²) in [5.41, 5.74) is 1.62. The summed E-state index contributed by atoms with van der Waals surface area (Å²) in [5, 5.41) is 0. The summed E-state index contributed by atoms with van der Waals surface area (Å²) in [6.45, 7) is 5.64. The lowest BCUT2D eigenvalue weighted by Gasteiger charge is -2.29. The number of nitrogens with zero attached hydrogens (tertiary/aromatic N) is 2. The maximum atomic E-state index is 12.6. The standard InChI is InChI=1S/C20H26N2O6/c1-13-4-5-17(26-3)16(10-13)22-12-15(11-18(22)23)20(25)28-14(2)19(24)21-6-8-27-9-7-21/h4-5,10,14-15H,6-9,11-12H2,1-3H3/t14-,15+/m0/s1. The molecular weight excluding hydrogens is 364 g/mol. The van der Waals surface area contributed by atoms with Gasteiger partial charge in [0.15, 0.2) is 6.10 Å². The van der Waals surface area contributed by atoms with Crippen molar-refractivity contribution in [2.24, 2.45) is 5.92 Å². The molecule has 2 saturated heterocycles. The first kappa shape index (κ1) is 20.1. The molecule has 2 atom stereocenters. The number of hydrogen-bond acceptors (Lipinski definition) is 6. The molecule has 2 fully saturated rings. The average molecular weight is 390 g/mol. The highest BCUT2D eigenvalue weighted by Gasteiger charge is 2.38. The Kier molecular flexibility index (Phi) is 6.18. The third kappa shape index (κ3) is 4.27. The van der Waals surface area contributed by atoms with E-state index in [4.69, 9.17) is 14.2 Å². The van der Waals surface area contributed by atoms with Gasteiger partial charge in [-0.1, -0.05) is 6.07 Å². The van der Waals surface area contributed by atoms with E-state index in [-0.39, 0.29) is 24.8 Å². The molecule has 8 nitrogen and oxygen atoms in total. The Balaban J connectivity index is 1.63. The van der Waals surface area contributed by atoms with Crippen LogP contribution in [0, 0.1) is 12.8 Å². The zero-order valence-electron chi connectivity index (χ0n) is 16.5. The largest absolute Gasteiger partial charge is 0.495 e. The van der Waals surface area contributed by atoms with Crippen molar-refractivity contribution in [1.82, 2.24) is 4.90 Å². The number of aryl methyl sites for hydroxylation is 1. The summed E-state index contributed by atoms with van der Waals surface area (Å²) < 4.78 is 16.0. The maximum absolute atomic E-state index is 12.6. The van der Waals surface area contributed by atoms with Crippen LogP contribution < -0.4 is 9.64 Å². The normalized spacial score (nSPS) is 20.8. The molecule has 2 heterocycles. The molecule has 0 saturated carbocycles. The lowest BCUT2D eigenvalue weighted by atomic mass is 10.1. The number of ether oxygens (including phenoxy) is 3. The molecule has 2 amide bonds. The van der Waals surface area contributed by atoms with Crippen LogP contribution in [-0.2, 0) is 23.9 Å². The lowest BCUT2D eigenvalue weighted by Crippen LogP contribution is -2.46. The number of morpholine rings is 1. The highest BCUT2D eigenvalue weighted by Crippen LogP contribution is 2.34. The van der Waals surface area contributed by atoms with Gasteiger partial charge in [0.25, 0.3) is 5.91 Å². The van der Waals surface area contributed by atoms with Crippen LogP contribution in [0.1, 0.15) is 18.9 Å². The van der Waals surface area contributed by atoms with E-state index in [0.29, 0.717) is 37.7 Å². The first-order chi connectivity index (χ1) is 13.4. The summed E-state index contributed by atoms with van der Waals surface area (Å²) in [5.74, 6) is -0.978. The van der Waals surface area contributed by atoms with E-state index in [0.717, 1.165) is 5.56 Å². The summed E-state index contributed by atoms with van der Waals surface area (Å²) in [4.78, 5) is 40.7. The predicted octanol–water partition coefficient (Wildman–Crippen LogP) is 1.15. The highest BCUT2D eigenvalue weighted by molar-refractivity contribution is 6.00. The number of rotatable bonds is 5. The average Bonchev–Trinajstić information content (AvgIpc) is 3.09. The van der Waals surface area contributed by atoms with Crippen LogP contribution in [0.5, 0.6) is 5.75 Å². The molecule has 3 rings (SSSR count). The fraction of sp³-hybridized carbons (Fsp3) is 0.550. The van der Waals surface area contributed by atoms with Crippen LogP contribution in [0.25, 0.3) is 0 Å². The van der Waals surface area contributed by atoms with Crippen molar-refractivity contribution in [2.45, 2.75) is 26.4 Å². The minimum Gasteiger partial charge on any atom is -0.495 e. The third-order valence-electron chi connectivity index (χ3n) is 5.05. The van der Waals surface area contributed by atoms with Crippen LogP contribution in [-0.4, -0.2) is 68.7 Å². The summed E-state index contributed by atoms with van der Waals surface area (Å²) >= 11 is 0. The number of carbonyl (C=O) groups excluding carboxylic acids is 3. The lowest BCUT2D eigenvalue weighted by molar-refractivity contribution is -0.163. The Morgan fingerprint density at radius 2 is 1.96 bits per heavy atom. The molecule has 0 bridgehead atoms. The number of anilines is 1. The van der Waals surface area contributed by atoms with Gasteiger partial charge in [-0.2, -0.15) is 0 Å². The Labute approximate surface area is 164 Å². The molecule has 0 aliphatic carbocycles. The molecule has 0 N–H and O–H groups in total. The van der Waals surface area contributed by atoms with Crippen molar-refractivity contribution in [3.8, 4) is 5.75 Å². The Morgan fingerprint density at radius 3 is 2.64 bits per heavy atom. The second-order valence-corrected chi connectivity index (χ2v) is 7.10. The van der Waals surface area contributed by atoms with E-state index in [2.05, 4.69) is 0 Å². The Morgan fingerprint density at radius 1 is 1.25 bits per heavy atom. The quantitative estimate of drug-likeness (QED) is 0.701. The Bertz CT molecular complexity index is 759. The van der Waals surface area contributed by atoms with E-state index in [9.17, 15) is 14.4 Å². The molecule has 8 heteroatoms. The molecule has 1 aromatic carbocycles. The van der Waals surface area contributed by atoms with Crippen LogP contribution in [0.15, 0.2) is 18.2 Å². The minimum atomic E-state index is -0.886. The molecule has 0 aromatic heterocycles. The molecule has 0 spiro atoms. The second kappa shape index (κ2) is 8.60. The van der Waals surface area contributed by atoms with Crippen LogP contribution in [0.4, 0.5) is 5.69 Å². The van der Waals surface area contributed by atoms with Crippen molar-refractivity contribution in [3.63, 3.8) is 0 Å². The van der Waals surface area contributed by atoms with Gasteiger partial charge >= 0.3 is 5.97 Å². The number of carbonyl (C=O) groups is 3. The van der Waals surface area contributed by atoms with Gasteiger partial charge in [0, 0.05) is 26.1 Å². The third-order valence-corrected chi connectivity index (χ3v) is 5.05. The van der Waals surface area contributed by atoms with Gasteiger partial charge in [-0.25, -0.2) is 0 Å². The topological polar surface area (TPSA) is 85.4 Å². The molecule has 0 radical (unpaired) electrons. The molecular formula is C20H26N2O6. The zero-order chi connectivity index (χ0) is 20.3. The van der Waals surface area contributed by atoms with Crippen LogP contribution in [0.2, 0.25) is 0 Å². The second-order valence-electron chi connectivity index (χ2n) is 7.10. The van der Waals surface area contributed by atoms with Crippen LogP contribution in [0.3, 0.4) is 0 Å². The van der Waals surface area contributed by atoms with E-state index < -0.39 is 18.0 Å². The molecule has 0 unspecified atom stereocenters. The number of amides is 2. The fourth-order valence-corrected chi connectivity index (χ4v) is 3.47. The van der Waals surface area contributed by atoms with Gasteiger partial charge in [0.1, 0.15) is 5.75 Å². The number of hydrogen-bond donors (Lipinski definition) is 0. The zero-order valence-corrected chi connectivity index (χ0v) is 16.5. The Hall–Kier alpha value is -2.61. The van der Waals surface area contributed by atoms with Gasteiger partial charge in [0.05, 0.1) is 31.9 Å².